The maximum absolute atomic E-state index is 13.2. The third-order valence-electron chi connectivity index (χ3n) is 4.57. The van der Waals surface area contributed by atoms with Crippen molar-refractivity contribution in [2.75, 3.05) is 0 Å². The molecule has 1 fully saturated rings. The lowest BCUT2D eigenvalue weighted by atomic mass is 9.99. The first-order chi connectivity index (χ1) is 13.6. The number of amides is 1. The van der Waals surface area contributed by atoms with Crippen LogP contribution in [0.4, 0.5) is 4.39 Å². The van der Waals surface area contributed by atoms with Crippen LogP contribution in [0.15, 0.2) is 77.2 Å². The van der Waals surface area contributed by atoms with E-state index in [1.54, 1.807) is 24.3 Å². The summed E-state index contributed by atoms with van der Waals surface area (Å²) in [7, 11) is 0. The predicted octanol–water partition coefficient (Wildman–Crippen LogP) is 3.44. The summed E-state index contributed by atoms with van der Waals surface area (Å²) >= 11 is 0. The van der Waals surface area contributed by atoms with Gasteiger partial charge in [-0.2, -0.15) is 0 Å². The molecule has 28 heavy (non-hydrogen) atoms. The Hall–Kier alpha value is -3.74. The molecule has 6 nitrogen and oxygen atoms in total. The normalized spacial score (nSPS) is 18.6. The number of hydrogen-bond acceptors (Lipinski definition) is 5. The van der Waals surface area contributed by atoms with Crippen LogP contribution < -0.4 is 0 Å². The van der Waals surface area contributed by atoms with Crippen LogP contribution in [0.25, 0.3) is 5.76 Å². The number of benzene rings is 1. The van der Waals surface area contributed by atoms with Gasteiger partial charge in [-0.25, -0.2) is 4.39 Å². The molecule has 0 bridgehead atoms. The van der Waals surface area contributed by atoms with E-state index in [0.717, 1.165) is 0 Å². The van der Waals surface area contributed by atoms with Crippen molar-refractivity contribution >= 4 is 17.4 Å². The van der Waals surface area contributed by atoms with Crippen LogP contribution in [-0.4, -0.2) is 26.7 Å². The monoisotopic (exact) mass is 378 g/mol. The number of ketones is 1. The molecule has 1 N–H and O–H groups in total. The molecular weight excluding hydrogens is 363 g/mol. The van der Waals surface area contributed by atoms with E-state index < -0.39 is 23.5 Å². The Balaban J connectivity index is 1.81. The molecule has 3 heterocycles. The number of pyridine rings is 1. The van der Waals surface area contributed by atoms with Gasteiger partial charge in [0.2, 0.25) is 0 Å². The number of carbonyl (C=O) groups excluding carboxylic acids is 2. The number of aromatic nitrogens is 1. The molecular formula is C21H15FN2O4. The second kappa shape index (κ2) is 7.11. The smallest absolute Gasteiger partial charge is 0.296 e. The van der Waals surface area contributed by atoms with E-state index in [9.17, 15) is 19.1 Å². The third kappa shape index (κ3) is 3.07. The number of aliphatic hydroxyl groups is 1. The molecule has 0 saturated carbocycles. The van der Waals surface area contributed by atoms with Gasteiger partial charge >= 0.3 is 0 Å². The topological polar surface area (TPSA) is 83.6 Å². The number of rotatable bonds is 4. The Morgan fingerprint density at radius 1 is 1.11 bits per heavy atom. The molecule has 1 aromatic carbocycles. The molecule has 1 aliphatic heterocycles. The highest BCUT2D eigenvalue weighted by atomic mass is 19.1. The summed E-state index contributed by atoms with van der Waals surface area (Å²) in [4.78, 5) is 30.7. The standard InChI is InChI=1S/C21H15FN2O4/c22-15-5-3-13(4-6-15)12-24-18(16-2-1-11-28-16)17(20(26)21(24)27)19(25)14-7-9-23-10-8-14/h1-11,18,25H,12H2/b19-17-. The largest absolute Gasteiger partial charge is 0.507 e. The summed E-state index contributed by atoms with van der Waals surface area (Å²) < 4.78 is 18.7. The average Bonchev–Trinajstić information content (AvgIpc) is 3.32. The number of furan rings is 1. The van der Waals surface area contributed by atoms with Gasteiger partial charge in [0.1, 0.15) is 23.4 Å². The van der Waals surface area contributed by atoms with Gasteiger partial charge in [0.05, 0.1) is 11.8 Å². The molecule has 1 aliphatic rings. The number of hydrogen-bond donors (Lipinski definition) is 1. The molecule has 1 atom stereocenters. The Bertz CT molecular complexity index is 1040. The van der Waals surface area contributed by atoms with Crippen LogP contribution in [0.2, 0.25) is 0 Å². The summed E-state index contributed by atoms with van der Waals surface area (Å²) in [6, 6.07) is 11.1. The van der Waals surface area contributed by atoms with E-state index in [4.69, 9.17) is 4.42 Å². The summed E-state index contributed by atoms with van der Waals surface area (Å²) in [6.07, 6.45) is 4.39. The first-order valence-electron chi connectivity index (χ1n) is 8.53. The number of halogens is 1. The number of nitrogens with zero attached hydrogens (tertiary/aromatic N) is 2. The number of Topliss-reactive ketones (excluding diaryl/α,β-unsaturated/α-hetero) is 1. The number of carbonyl (C=O) groups is 2. The van der Waals surface area contributed by atoms with Crippen LogP contribution in [0, 0.1) is 5.82 Å². The van der Waals surface area contributed by atoms with Crippen molar-refractivity contribution in [2.24, 2.45) is 0 Å². The zero-order valence-corrected chi connectivity index (χ0v) is 14.6. The van der Waals surface area contributed by atoms with Crippen LogP contribution in [0.1, 0.15) is 22.9 Å². The van der Waals surface area contributed by atoms with Gasteiger partial charge in [0, 0.05) is 24.5 Å². The van der Waals surface area contributed by atoms with Gasteiger partial charge in [0.25, 0.3) is 11.7 Å². The molecule has 7 heteroatoms. The molecule has 1 amide bonds. The third-order valence-corrected chi connectivity index (χ3v) is 4.57. The summed E-state index contributed by atoms with van der Waals surface area (Å²) in [5.74, 6) is -1.93. The Morgan fingerprint density at radius 3 is 2.46 bits per heavy atom. The molecule has 0 aliphatic carbocycles. The van der Waals surface area contributed by atoms with E-state index >= 15 is 0 Å². The van der Waals surface area contributed by atoms with Crippen LogP contribution >= 0.6 is 0 Å². The van der Waals surface area contributed by atoms with Crippen molar-refractivity contribution in [1.29, 1.82) is 0 Å². The quantitative estimate of drug-likeness (QED) is 0.427. The van der Waals surface area contributed by atoms with Crippen molar-refractivity contribution in [3.8, 4) is 0 Å². The molecule has 4 rings (SSSR count). The molecule has 140 valence electrons. The summed E-state index contributed by atoms with van der Waals surface area (Å²) in [5.41, 5.74) is 0.948. The molecule has 2 aromatic heterocycles. The van der Waals surface area contributed by atoms with Gasteiger partial charge in [0.15, 0.2) is 0 Å². The summed E-state index contributed by atoms with van der Waals surface area (Å²) in [6.45, 7) is 0.0589. The van der Waals surface area contributed by atoms with Crippen LogP contribution in [-0.2, 0) is 16.1 Å². The van der Waals surface area contributed by atoms with Crippen LogP contribution in [0.3, 0.4) is 0 Å². The Morgan fingerprint density at radius 2 is 1.82 bits per heavy atom. The summed E-state index contributed by atoms with van der Waals surface area (Å²) in [5, 5.41) is 10.8. The van der Waals surface area contributed by atoms with Crippen molar-refractivity contribution in [2.45, 2.75) is 12.6 Å². The number of aliphatic hydroxyl groups excluding tert-OH is 1. The van der Waals surface area contributed by atoms with E-state index in [0.29, 0.717) is 16.9 Å². The van der Waals surface area contributed by atoms with Crippen molar-refractivity contribution in [3.05, 3.63) is 95.5 Å². The lowest BCUT2D eigenvalue weighted by molar-refractivity contribution is -0.140. The van der Waals surface area contributed by atoms with E-state index in [2.05, 4.69) is 4.98 Å². The lowest BCUT2D eigenvalue weighted by Gasteiger charge is -2.23. The maximum atomic E-state index is 13.2. The highest BCUT2D eigenvalue weighted by Gasteiger charge is 2.47. The fourth-order valence-corrected chi connectivity index (χ4v) is 3.24. The van der Waals surface area contributed by atoms with Gasteiger partial charge in [-0.3, -0.25) is 14.6 Å². The number of likely N-dealkylation sites (tertiary alicyclic amines) is 1. The predicted molar refractivity (Wildman–Crippen MR) is 97.2 cm³/mol. The average molecular weight is 378 g/mol. The van der Waals surface area contributed by atoms with Crippen molar-refractivity contribution in [1.82, 2.24) is 9.88 Å². The second-order valence-corrected chi connectivity index (χ2v) is 6.30. The minimum atomic E-state index is -0.895. The fraction of sp³-hybridized carbons (Fsp3) is 0.0952. The minimum Gasteiger partial charge on any atom is -0.507 e. The molecule has 1 saturated heterocycles. The maximum Gasteiger partial charge on any atom is 0.296 e. The SMILES string of the molecule is O=C1C(=O)N(Cc2ccc(F)cc2)C(c2ccco2)/C1=C(/O)c1ccncc1. The molecule has 3 aromatic rings. The van der Waals surface area contributed by atoms with Crippen LogP contribution in [0.5, 0.6) is 0 Å². The molecule has 1 unspecified atom stereocenters. The zero-order chi connectivity index (χ0) is 19.7. The van der Waals surface area contributed by atoms with E-state index in [-0.39, 0.29) is 17.9 Å². The minimum absolute atomic E-state index is 0.0589. The van der Waals surface area contributed by atoms with Crippen molar-refractivity contribution < 1.29 is 23.5 Å². The first-order valence-corrected chi connectivity index (χ1v) is 8.53. The Kier molecular flexibility index (Phi) is 4.49. The van der Waals surface area contributed by atoms with E-state index in [1.165, 1.54) is 47.8 Å². The Labute approximate surface area is 159 Å². The lowest BCUT2D eigenvalue weighted by Crippen LogP contribution is -2.29. The van der Waals surface area contributed by atoms with Gasteiger partial charge in [-0.15, -0.1) is 0 Å². The van der Waals surface area contributed by atoms with Crippen molar-refractivity contribution in [3.63, 3.8) is 0 Å². The molecule has 0 spiro atoms. The van der Waals surface area contributed by atoms with Gasteiger partial charge in [-0.05, 0) is 42.0 Å². The fourth-order valence-electron chi connectivity index (χ4n) is 3.24. The van der Waals surface area contributed by atoms with E-state index in [1.807, 2.05) is 0 Å². The highest BCUT2D eigenvalue weighted by molar-refractivity contribution is 6.46. The molecule has 0 radical (unpaired) electrons. The van der Waals surface area contributed by atoms with Gasteiger partial charge in [-0.1, -0.05) is 12.1 Å². The highest BCUT2D eigenvalue weighted by Crippen LogP contribution is 2.40. The second-order valence-electron chi connectivity index (χ2n) is 6.30. The van der Waals surface area contributed by atoms with Gasteiger partial charge < -0.3 is 14.4 Å². The first kappa shape index (κ1) is 17.7. The zero-order valence-electron chi connectivity index (χ0n) is 14.6.